The van der Waals surface area contributed by atoms with E-state index in [9.17, 15) is 18.3 Å². The zero-order valence-electron chi connectivity index (χ0n) is 11.4. The molecule has 112 valence electrons. The molecule has 2 nitrogen and oxygen atoms in total. The highest BCUT2D eigenvalue weighted by molar-refractivity contribution is 5.31. The van der Waals surface area contributed by atoms with Crippen molar-refractivity contribution in [1.82, 2.24) is 0 Å². The lowest BCUT2D eigenvalue weighted by molar-refractivity contribution is -0.274. The van der Waals surface area contributed by atoms with E-state index in [0.29, 0.717) is 12.0 Å². The Balaban J connectivity index is 2.10. The fourth-order valence-electron chi connectivity index (χ4n) is 1.98. The van der Waals surface area contributed by atoms with Gasteiger partial charge in [-0.1, -0.05) is 42.0 Å². The molecule has 2 rings (SSSR count). The second-order valence-electron chi connectivity index (χ2n) is 4.83. The van der Waals surface area contributed by atoms with Crippen molar-refractivity contribution in [1.29, 1.82) is 0 Å². The zero-order valence-corrected chi connectivity index (χ0v) is 11.4. The molecule has 0 aliphatic carbocycles. The number of benzene rings is 2. The van der Waals surface area contributed by atoms with Crippen LogP contribution in [-0.4, -0.2) is 11.5 Å². The summed E-state index contributed by atoms with van der Waals surface area (Å²) in [5.74, 6) is -0.331. The molecule has 5 heteroatoms. The topological polar surface area (TPSA) is 29.5 Å². The minimum absolute atomic E-state index is 0.329. The fraction of sp³-hybridized carbons (Fsp3) is 0.250. The van der Waals surface area contributed by atoms with E-state index in [1.807, 2.05) is 31.2 Å². The first kappa shape index (κ1) is 15.4. The summed E-state index contributed by atoms with van der Waals surface area (Å²) in [5, 5.41) is 10.1. The van der Waals surface area contributed by atoms with Gasteiger partial charge in [0.2, 0.25) is 0 Å². The Bertz CT molecular complexity index is 591. The monoisotopic (exact) mass is 296 g/mol. The molecule has 0 fully saturated rings. The lowest BCUT2D eigenvalue weighted by atomic mass is 10.0. The molecule has 2 aromatic rings. The summed E-state index contributed by atoms with van der Waals surface area (Å²) in [4.78, 5) is 0. The van der Waals surface area contributed by atoms with Crippen molar-refractivity contribution in [2.45, 2.75) is 25.8 Å². The van der Waals surface area contributed by atoms with Crippen LogP contribution in [0, 0.1) is 6.92 Å². The Hall–Kier alpha value is -2.01. The third-order valence-electron chi connectivity index (χ3n) is 3.03. The van der Waals surface area contributed by atoms with Crippen LogP contribution in [0.25, 0.3) is 0 Å². The summed E-state index contributed by atoms with van der Waals surface area (Å²) < 4.78 is 40.4. The quantitative estimate of drug-likeness (QED) is 0.917. The highest BCUT2D eigenvalue weighted by Gasteiger charge is 2.31. The van der Waals surface area contributed by atoms with Crippen molar-refractivity contribution in [3.05, 3.63) is 65.2 Å². The molecule has 0 amide bonds. The summed E-state index contributed by atoms with van der Waals surface area (Å²) in [7, 11) is 0. The van der Waals surface area contributed by atoms with Crippen molar-refractivity contribution < 1.29 is 23.0 Å². The van der Waals surface area contributed by atoms with Gasteiger partial charge in [-0.3, -0.25) is 0 Å². The highest BCUT2D eigenvalue weighted by Crippen LogP contribution is 2.26. The maximum absolute atomic E-state index is 12.2. The number of ether oxygens (including phenoxy) is 1. The summed E-state index contributed by atoms with van der Waals surface area (Å²) in [6, 6.07) is 13.0. The largest absolute Gasteiger partial charge is 0.573 e. The third kappa shape index (κ3) is 4.79. The lowest BCUT2D eigenvalue weighted by Crippen LogP contribution is -2.17. The zero-order chi connectivity index (χ0) is 15.5. The van der Waals surface area contributed by atoms with Gasteiger partial charge in [-0.2, -0.15) is 0 Å². The van der Waals surface area contributed by atoms with Crippen LogP contribution in [-0.2, 0) is 6.42 Å². The normalized spacial score (nSPS) is 13.0. The average Bonchev–Trinajstić information content (AvgIpc) is 2.40. The first-order valence-corrected chi connectivity index (χ1v) is 6.43. The van der Waals surface area contributed by atoms with Crippen LogP contribution in [0.15, 0.2) is 48.5 Å². The molecule has 0 radical (unpaired) electrons. The number of aryl methyl sites for hydroxylation is 1. The van der Waals surface area contributed by atoms with Crippen molar-refractivity contribution in [2.24, 2.45) is 0 Å². The first-order valence-electron chi connectivity index (χ1n) is 6.43. The lowest BCUT2D eigenvalue weighted by Gasteiger charge is -2.14. The summed E-state index contributed by atoms with van der Waals surface area (Å²) in [6.45, 7) is 1.96. The Morgan fingerprint density at radius 1 is 1.10 bits per heavy atom. The van der Waals surface area contributed by atoms with Crippen molar-refractivity contribution >= 4 is 0 Å². The molecule has 0 aromatic heterocycles. The molecule has 1 N–H and O–H groups in total. The van der Waals surface area contributed by atoms with Crippen LogP contribution in [0.1, 0.15) is 22.8 Å². The summed E-state index contributed by atoms with van der Waals surface area (Å²) >= 11 is 0. The SMILES string of the molecule is Cc1ccc(CC(O)c2cccc(OC(F)(F)F)c2)cc1. The van der Waals surface area contributed by atoms with Crippen molar-refractivity contribution in [2.75, 3.05) is 0 Å². The molecule has 2 aromatic carbocycles. The molecule has 0 heterocycles. The number of rotatable bonds is 4. The molecule has 0 spiro atoms. The average molecular weight is 296 g/mol. The van der Waals surface area contributed by atoms with Gasteiger partial charge in [0.25, 0.3) is 0 Å². The number of halogens is 3. The fourth-order valence-corrected chi connectivity index (χ4v) is 1.98. The van der Waals surface area contributed by atoms with Gasteiger partial charge < -0.3 is 9.84 Å². The van der Waals surface area contributed by atoms with E-state index in [0.717, 1.165) is 11.1 Å². The van der Waals surface area contributed by atoms with Gasteiger partial charge in [-0.15, -0.1) is 13.2 Å². The second-order valence-corrected chi connectivity index (χ2v) is 4.83. The van der Waals surface area contributed by atoms with Crippen LogP contribution >= 0.6 is 0 Å². The molecule has 1 unspecified atom stereocenters. The number of aliphatic hydroxyl groups excluding tert-OH is 1. The Morgan fingerprint density at radius 3 is 2.38 bits per heavy atom. The predicted molar refractivity (Wildman–Crippen MR) is 73.0 cm³/mol. The minimum atomic E-state index is -4.74. The molecule has 0 aliphatic heterocycles. The maximum Gasteiger partial charge on any atom is 0.573 e. The first-order chi connectivity index (χ1) is 9.83. The van der Waals surface area contributed by atoms with Gasteiger partial charge in [-0.25, -0.2) is 0 Å². The molecule has 0 saturated carbocycles. The Labute approximate surface area is 120 Å². The Kier molecular flexibility index (Phi) is 4.53. The third-order valence-corrected chi connectivity index (χ3v) is 3.03. The van der Waals surface area contributed by atoms with Gasteiger partial charge in [0.05, 0.1) is 6.10 Å². The van der Waals surface area contributed by atoms with Gasteiger partial charge in [0.15, 0.2) is 0 Å². The van der Waals surface area contributed by atoms with Crippen molar-refractivity contribution in [3.8, 4) is 5.75 Å². The van der Waals surface area contributed by atoms with Gasteiger partial charge in [0, 0.05) is 6.42 Å². The van der Waals surface area contributed by atoms with Gasteiger partial charge in [0.1, 0.15) is 5.75 Å². The molecule has 0 bridgehead atoms. The van der Waals surface area contributed by atoms with E-state index in [-0.39, 0.29) is 5.75 Å². The van der Waals surface area contributed by atoms with Gasteiger partial charge >= 0.3 is 6.36 Å². The van der Waals surface area contributed by atoms with Gasteiger partial charge in [-0.05, 0) is 30.2 Å². The minimum Gasteiger partial charge on any atom is -0.406 e. The molecule has 1 atom stereocenters. The summed E-state index contributed by atoms with van der Waals surface area (Å²) in [5.41, 5.74) is 2.40. The van der Waals surface area contributed by atoms with Crippen LogP contribution in [0.3, 0.4) is 0 Å². The maximum atomic E-state index is 12.2. The molecular weight excluding hydrogens is 281 g/mol. The van der Waals surface area contributed by atoms with Crippen LogP contribution < -0.4 is 4.74 Å². The van der Waals surface area contributed by atoms with E-state index in [1.165, 1.54) is 18.2 Å². The Morgan fingerprint density at radius 2 is 1.76 bits per heavy atom. The van der Waals surface area contributed by atoms with E-state index >= 15 is 0 Å². The number of hydrogen-bond acceptors (Lipinski definition) is 2. The molecular formula is C16H15F3O2. The van der Waals surface area contributed by atoms with Crippen LogP contribution in [0.4, 0.5) is 13.2 Å². The van der Waals surface area contributed by atoms with E-state index < -0.39 is 12.5 Å². The molecule has 21 heavy (non-hydrogen) atoms. The molecule has 0 saturated heterocycles. The van der Waals surface area contributed by atoms with E-state index in [1.54, 1.807) is 6.07 Å². The molecule has 0 aliphatic rings. The number of aliphatic hydroxyl groups is 1. The predicted octanol–water partition coefficient (Wildman–Crippen LogP) is 4.17. The standard InChI is InChI=1S/C16H15F3O2/c1-11-5-7-12(8-6-11)9-15(20)13-3-2-4-14(10-13)21-16(17,18)19/h2-8,10,15,20H,9H2,1H3. The summed E-state index contributed by atoms with van der Waals surface area (Å²) in [6.07, 6.45) is -5.29. The van der Waals surface area contributed by atoms with Crippen LogP contribution in [0.2, 0.25) is 0 Å². The van der Waals surface area contributed by atoms with E-state index in [4.69, 9.17) is 0 Å². The van der Waals surface area contributed by atoms with Crippen LogP contribution in [0.5, 0.6) is 5.75 Å². The van der Waals surface area contributed by atoms with Crippen molar-refractivity contribution in [3.63, 3.8) is 0 Å². The van der Waals surface area contributed by atoms with E-state index in [2.05, 4.69) is 4.74 Å². The number of hydrogen-bond donors (Lipinski definition) is 1. The number of alkyl halides is 3. The highest BCUT2D eigenvalue weighted by atomic mass is 19.4. The smallest absolute Gasteiger partial charge is 0.406 e. The second kappa shape index (κ2) is 6.18.